The normalized spacial score (nSPS) is 20.5. The number of para-hydroxylation sites is 1. The Balaban J connectivity index is 1.41. The molecule has 0 spiro atoms. The van der Waals surface area contributed by atoms with Gasteiger partial charge in [-0.1, -0.05) is 18.2 Å². The zero-order valence-corrected chi connectivity index (χ0v) is 17.8. The van der Waals surface area contributed by atoms with Crippen LogP contribution in [0, 0.1) is 0 Å². The maximum Gasteiger partial charge on any atom is 0.261 e. The van der Waals surface area contributed by atoms with Gasteiger partial charge < -0.3 is 15.1 Å². The molecule has 1 atom stereocenters. The van der Waals surface area contributed by atoms with E-state index >= 15 is 0 Å². The monoisotopic (exact) mass is 411 g/mol. The molecule has 1 aromatic carbocycles. The highest BCUT2D eigenvalue weighted by Gasteiger charge is 2.28. The van der Waals surface area contributed by atoms with Gasteiger partial charge in [0.1, 0.15) is 0 Å². The lowest BCUT2D eigenvalue weighted by Crippen LogP contribution is -2.46. The molecule has 2 fully saturated rings. The van der Waals surface area contributed by atoms with Gasteiger partial charge >= 0.3 is 0 Å². The molecule has 2 saturated heterocycles. The number of nitrogens with zero attached hydrogens (tertiary/aromatic N) is 2. The molecule has 1 aromatic heterocycles. The predicted molar refractivity (Wildman–Crippen MR) is 118 cm³/mol. The number of hydrogen-bond donors (Lipinski definition) is 1. The van der Waals surface area contributed by atoms with Gasteiger partial charge in [0.05, 0.1) is 10.4 Å². The Morgan fingerprint density at radius 1 is 1.00 bits per heavy atom. The van der Waals surface area contributed by atoms with Crippen molar-refractivity contribution in [1.82, 2.24) is 10.2 Å². The van der Waals surface area contributed by atoms with E-state index in [-0.39, 0.29) is 17.9 Å². The number of rotatable bonds is 4. The summed E-state index contributed by atoms with van der Waals surface area (Å²) in [7, 11) is 0. The summed E-state index contributed by atoms with van der Waals surface area (Å²) in [5.41, 5.74) is 1.83. The topological polar surface area (TPSA) is 52.7 Å². The third-order valence-corrected chi connectivity index (χ3v) is 6.98. The quantitative estimate of drug-likeness (QED) is 0.822. The highest BCUT2D eigenvalue weighted by Crippen LogP contribution is 2.28. The fraction of sp³-hybridized carbons (Fsp3) is 0.478. The third kappa shape index (κ3) is 4.47. The lowest BCUT2D eigenvalue weighted by molar-refractivity contribution is 0.0636. The highest BCUT2D eigenvalue weighted by molar-refractivity contribution is 7.12. The maximum atomic E-state index is 13.3. The van der Waals surface area contributed by atoms with E-state index in [4.69, 9.17) is 0 Å². The van der Waals surface area contributed by atoms with Crippen LogP contribution in [0.4, 0.5) is 5.69 Å². The number of nitrogens with one attached hydrogen (secondary N) is 1. The fourth-order valence-electron chi connectivity index (χ4n) is 4.41. The lowest BCUT2D eigenvalue weighted by Gasteiger charge is -2.37. The van der Waals surface area contributed by atoms with Gasteiger partial charge in [-0.2, -0.15) is 0 Å². The van der Waals surface area contributed by atoms with Gasteiger partial charge in [-0.05, 0) is 62.6 Å². The van der Waals surface area contributed by atoms with E-state index in [1.54, 1.807) is 0 Å². The molecule has 3 heterocycles. The van der Waals surface area contributed by atoms with Crippen LogP contribution in [0.3, 0.4) is 0 Å². The van der Waals surface area contributed by atoms with E-state index in [2.05, 4.69) is 23.2 Å². The van der Waals surface area contributed by atoms with Gasteiger partial charge in [0.15, 0.2) is 0 Å². The standard InChI is InChI=1S/C23H29N3O2S/c1-17-7-4-5-13-26(17)23(28)19-8-2-3-9-20(19)25-14-11-18(12-15-25)24-22(27)21-10-6-16-29-21/h2-3,6,8-10,16-18H,4-5,7,11-15H2,1H3,(H,24,27). The largest absolute Gasteiger partial charge is 0.371 e. The Bertz CT molecular complexity index is 844. The minimum Gasteiger partial charge on any atom is -0.371 e. The number of anilines is 1. The molecule has 154 valence electrons. The molecule has 5 nitrogen and oxygen atoms in total. The van der Waals surface area contributed by atoms with Crippen molar-refractivity contribution in [2.45, 2.75) is 51.1 Å². The molecule has 2 aliphatic rings. The van der Waals surface area contributed by atoms with Crippen LogP contribution in [0.5, 0.6) is 0 Å². The van der Waals surface area contributed by atoms with Crippen LogP contribution in [-0.2, 0) is 0 Å². The first-order chi connectivity index (χ1) is 14.1. The summed E-state index contributed by atoms with van der Waals surface area (Å²) in [5, 5.41) is 5.08. The summed E-state index contributed by atoms with van der Waals surface area (Å²) in [6.07, 6.45) is 5.16. The van der Waals surface area contributed by atoms with E-state index < -0.39 is 0 Å². The minimum atomic E-state index is 0.0214. The van der Waals surface area contributed by atoms with Gasteiger partial charge in [0.25, 0.3) is 11.8 Å². The molecular formula is C23H29N3O2S. The summed E-state index contributed by atoms with van der Waals surface area (Å²) in [6, 6.07) is 12.2. The second kappa shape index (κ2) is 8.99. The average molecular weight is 412 g/mol. The van der Waals surface area contributed by atoms with Crippen molar-refractivity contribution in [2.24, 2.45) is 0 Å². The first-order valence-corrected chi connectivity index (χ1v) is 11.5. The van der Waals surface area contributed by atoms with Crippen molar-refractivity contribution in [1.29, 1.82) is 0 Å². The molecule has 29 heavy (non-hydrogen) atoms. The second-order valence-corrected chi connectivity index (χ2v) is 9.02. The first-order valence-electron chi connectivity index (χ1n) is 10.6. The summed E-state index contributed by atoms with van der Waals surface area (Å²) >= 11 is 1.47. The molecular weight excluding hydrogens is 382 g/mol. The molecule has 4 rings (SSSR count). The van der Waals surface area contributed by atoms with Gasteiger partial charge in [-0.3, -0.25) is 9.59 Å². The van der Waals surface area contributed by atoms with E-state index in [1.807, 2.05) is 40.6 Å². The van der Waals surface area contributed by atoms with E-state index in [1.165, 1.54) is 17.8 Å². The van der Waals surface area contributed by atoms with Gasteiger partial charge in [0, 0.05) is 37.4 Å². The number of amides is 2. The fourth-order valence-corrected chi connectivity index (χ4v) is 5.04. The van der Waals surface area contributed by atoms with Crippen LogP contribution in [0.25, 0.3) is 0 Å². The van der Waals surface area contributed by atoms with Crippen molar-refractivity contribution in [3.8, 4) is 0 Å². The molecule has 0 aliphatic carbocycles. The molecule has 2 aliphatic heterocycles. The van der Waals surface area contributed by atoms with Crippen LogP contribution < -0.4 is 10.2 Å². The molecule has 6 heteroatoms. The predicted octanol–water partition coefficient (Wildman–Crippen LogP) is 4.16. The molecule has 1 unspecified atom stereocenters. The second-order valence-electron chi connectivity index (χ2n) is 8.07. The minimum absolute atomic E-state index is 0.0214. The van der Waals surface area contributed by atoms with E-state index in [9.17, 15) is 9.59 Å². The van der Waals surface area contributed by atoms with Crippen molar-refractivity contribution < 1.29 is 9.59 Å². The van der Waals surface area contributed by atoms with Crippen LogP contribution in [0.15, 0.2) is 41.8 Å². The third-order valence-electron chi connectivity index (χ3n) is 6.11. The molecule has 0 radical (unpaired) electrons. The maximum absolute atomic E-state index is 13.3. The summed E-state index contributed by atoms with van der Waals surface area (Å²) in [5.74, 6) is 0.175. The Morgan fingerprint density at radius 3 is 2.52 bits per heavy atom. The Kier molecular flexibility index (Phi) is 6.19. The summed E-state index contributed by atoms with van der Waals surface area (Å²) in [4.78, 5) is 30.7. The number of likely N-dealkylation sites (tertiary alicyclic amines) is 1. The van der Waals surface area contributed by atoms with Gasteiger partial charge in [-0.15, -0.1) is 11.3 Å². The van der Waals surface area contributed by atoms with Crippen LogP contribution in [0.2, 0.25) is 0 Å². The number of carbonyl (C=O) groups excluding carboxylic acids is 2. The summed E-state index contributed by atoms with van der Waals surface area (Å²) < 4.78 is 0. The van der Waals surface area contributed by atoms with Crippen LogP contribution in [-0.4, -0.2) is 48.4 Å². The van der Waals surface area contributed by atoms with Gasteiger partial charge in [0.2, 0.25) is 0 Å². The highest BCUT2D eigenvalue weighted by atomic mass is 32.1. The number of hydrogen-bond acceptors (Lipinski definition) is 4. The smallest absolute Gasteiger partial charge is 0.261 e. The van der Waals surface area contributed by atoms with Gasteiger partial charge in [-0.25, -0.2) is 0 Å². The molecule has 2 amide bonds. The zero-order chi connectivity index (χ0) is 20.2. The number of thiophene rings is 1. The number of benzene rings is 1. The molecule has 1 N–H and O–H groups in total. The Labute approximate surface area is 176 Å². The van der Waals surface area contributed by atoms with Crippen LogP contribution >= 0.6 is 11.3 Å². The van der Waals surface area contributed by atoms with Crippen molar-refractivity contribution >= 4 is 28.8 Å². The van der Waals surface area contributed by atoms with E-state index in [0.717, 1.165) is 61.4 Å². The summed E-state index contributed by atoms with van der Waals surface area (Å²) in [6.45, 7) is 4.69. The van der Waals surface area contributed by atoms with Crippen molar-refractivity contribution in [2.75, 3.05) is 24.5 Å². The number of carbonyl (C=O) groups is 2. The van der Waals surface area contributed by atoms with Crippen molar-refractivity contribution in [3.05, 3.63) is 52.2 Å². The SMILES string of the molecule is CC1CCCCN1C(=O)c1ccccc1N1CCC(NC(=O)c2cccs2)CC1. The molecule has 2 aromatic rings. The molecule has 0 bridgehead atoms. The first kappa shape index (κ1) is 20.0. The zero-order valence-electron chi connectivity index (χ0n) is 17.0. The van der Waals surface area contributed by atoms with E-state index in [0.29, 0.717) is 6.04 Å². The Hall–Kier alpha value is -2.34. The number of piperidine rings is 2. The van der Waals surface area contributed by atoms with Crippen LogP contribution in [0.1, 0.15) is 59.1 Å². The Morgan fingerprint density at radius 2 is 1.79 bits per heavy atom. The lowest BCUT2D eigenvalue weighted by atomic mass is 10.00. The van der Waals surface area contributed by atoms with Crippen molar-refractivity contribution in [3.63, 3.8) is 0 Å². The molecule has 0 saturated carbocycles. The average Bonchev–Trinajstić information content (AvgIpc) is 3.29.